The molecule has 1 aliphatic rings. The number of thiocarbonyl (C=S) groups is 1. The molecule has 1 aliphatic heterocycles. The largest absolute Gasteiger partial charge is 0.320 e. The lowest BCUT2D eigenvalue weighted by atomic mass is 9.84. The second-order valence-electron chi connectivity index (χ2n) is 3.26. The lowest BCUT2D eigenvalue weighted by Crippen LogP contribution is -2.44. The predicted octanol–water partition coefficient (Wildman–Crippen LogP) is 1.25. The van der Waals surface area contributed by atoms with E-state index in [1.165, 1.54) is 0 Å². The third kappa shape index (κ3) is 1.34. The Morgan fingerprint density at radius 2 is 2.20 bits per heavy atom. The molecule has 0 aromatic carbocycles. The van der Waals surface area contributed by atoms with Gasteiger partial charge in [0.15, 0.2) is 0 Å². The molecule has 1 saturated heterocycles. The Labute approximate surface area is 66.0 Å². The average Bonchev–Trinajstić information content (AvgIpc) is 1.81. The maximum atomic E-state index is 11.1. The molecule has 0 radical (unpaired) electrons. The van der Waals surface area contributed by atoms with Gasteiger partial charge in [-0.05, 0) is 12.8 Å². The quantitative estimate of drug-likeness (QED) is 0.536. The number of rotatable bonds is 0. The fourth-order valence-electron chi connectivity index (χ4n) is 0.898. The number of carbonyl (C=O) groups excluding carboxylic acids is 1. The summed E-state index contributed by atoms with van der Waals surface area (Å²) < 4.78 is 0. The van der Waals surface area contributed by atoms with Crippen LogP contribution in [0, 0.1) is 5.41 Å². The molecule has 0 aromatic heterocycles. The minimum absolute atomic E-state index is 0.0590. The lowest BCUT2D eigenvalue weighted by Gasteiger charge is -2.28. The van der Waals surface area contributed by atoms with Gasteiger partial charge in [-0.1, -0.05) is 26.1 Å². The van der Waals surface area contributed by atoms with Gasteiger partial charge in [-0.2, -0.15) is 0 Å². The highest BCUT2D eigenvalue weighted by Gasteiger charge is 2.31. The second kappa shape index (κ2) is 2.31. The first-order valence-corrected chi connectivity index (χ1v) is 3.77. The molecule has 0 saturated carbocycles. The summed E-state index contributed by atoms with van der Waals surface area (Å²) in [6.45, 7) is 3.87. The minimum atomic E-state index is -0.220. The molecule has 0 aromatic rings. The average molecular weight is 157 g/mol. The van der Waals surface area contributed by atoms with Gasteiger partial charge in [0, 0.05) is 5.41 Å². The monoisotopic (exact) mass is 157 g/mol. The van der Waals surface area contributed by atoms with Crippen LogP contribution in [0.4, 0.5) is 0 Å². The van der Waals surface area contributed by atoms with E-state index in [0.717, 1.165) is 12.8 Å². The molecule has 3 heteroatoms. The molecular weight excluding hydrogens is 146 g/mol. The topological polar surface area (TPSA) is 29.1 Å². The Morgan fingerprint density at radius 1 is 1.60 bits per heavy atom. The summed E-state index contributed by atoms with van der Waals surface area (Å²) in [6, 6.07) is 0. The summed E-state index contributed by atoms with van der Waals surface area (Å²) in [5.74, 6) is 0.0590. The van der Waals surface area contributed by atoms with E-state index in [1.807, 2.05) is 13.8 Å². The van der Waals surface area contributed by atoms with Crippen molar-refractivity contribution in [2.75, 3.05) is 0 Å². The van der Waals surface area contributed by atoms with E-state index in [2.05, 4.69) is 5.32 Å². The van der Waals surface area contributed by atoms with E-state index in [0.29, 0.717) is 4.99 Å². The maximum absolute atomic E-state index is 11.1. The van der Waals surface area contributed by atoms with E-state index in [-0.39, 0.29) is 11.3 Å². The third-order valence-corrected chi connectivity index (χ3v) is 2.15. The fourth-order valence-corrected chi connectivity index (χ4v) is 1.09. The fraction of sp³-hybridized carbons (Fsp3) is 0.714. The van der Waals surface area contributed by atoms with Crippen molar-refractivity contribution in [1.29, 1.82) is 0 Å². The Bertz CT molecular complexity index is 186. The third-order valence-electron chi connectivity index (χ3n) is 1.84. The van der Waals surface area contributed by atoms with Crippen LogP contribution in [0.15, 0.2) is 0 Å². The van der Waals surface area contributed by atoms with Gasteiger partial charge in [0.1, 0.15) is 0 Å². The van der Waals surface area contributed by atoms with E-state index >= 15 is 0 Å². The zero-order valence-electron chi connectivity index (χ0n) is 6.23. The summed E-state index contributed by atoms with van der Waals surface area (Å²) >= 11 is 4.85. The highest BCUT2D eigenvalue weighted by molar-refractivity contribution is 7.80. The van der Waals surface area contributed by atoms with Crippen LogP contribution in [0.2, 0.25) is 0 Å². The standard InChI is InChI=1S/C7H11NOS/c1-7(2)4-3-5(10)8-6(7)9/h3-4H2,1-2H3,(H,8,9,10). The second-order valence-corrected chi connectivity index (χ2v) is 3.75. The summed E-state index contributed by atoms with van der Waals surface area (Å²) in [5, 5.41) is 2.66. The minimum Gasteiger partial charge on any atom is -0.320 e. The van der Waals surface area contributed by atoms with Crippen LogP contribution in [-0.2, 0) is 4.79 Å². The first-order chi connectivity index (χ1) is 4.52. The molecule has 0 unspecified atom stereocenters. The molecular formula is C7H11NOS. The molecule has 0 aliphatic carbocycles. The van der Waals surface area contributed by atoms with Crippen LogP contribution in [0.1, 0.15) is 26.7 Å². The van der Waals surface area contributed by atoms with Gasteiger partial charge in [-0.15, -0.1) is 0 Å². The Morgan fingerprint density at radius 3 is 2.60 bits per heavy atom. The van der Waals surface area contributed by atoms with Crippen LogP contribution in [0.5, 0.6) is 0 Å². The lowest BCUT2D eigenvalue weighted by molar-refractivity contribution is -0.128. The van der Waals surface area contributed by atoms with Gasteiger partial charge in [0.05, 0.1) is 4.99 Å². The Balaban J connectivity index is 2.70. The first kappa shape index (κ1) is 7.66. The van der Waals surface area contributed by atoms with Crippen LogP contribution >= 0.6 is 12.2 Å². The van der Waals surface area contributed by atoms with E-state index in [1.54, 1.807) is 0 Å². The summed E-state index contributed by atoms with van der Waals surface area (Å²) in [4.78, 5) is 11.8. The van der Waals surface area contributed by atoms with Gasteiger partial charge in [0.25, 0.3) is 0 Å². The number of carbonyl (C=O) groups is 1. The van der Waals surface area contributed by atoms with Gasteiger partial charge < -0.3 is 5.32 Å². The highest BCUT2D eigenvalue weighted by atomic mass is 32.1. The van der Waals surface area contributed by atoms with Crippen molar-refractivity contribution in [1.82, 2.24) is 5.32 Å². The summed E-state index contributed by atoms with van der Waals surface area (Å²) in [6.07, 6.45) is 1.71. The molecule has 0 bridgehead atoms. The molecule has 56 valence electrons. The van der Waals surface area contributed by atoms with Crippen LogP contribution in [-0.4, -0.2) is 10.9 Å². The molecule has 1 amide bonds. The van der Waals surface area contributed by atoms with Crippen molar-refractivity contribution < 1.29 is 4.79 Å². The van der Waals surface area contributed by atoms with E-state index < -0.39 is 0 Å². The van der Waals surface area contributed by atoms with Gasteiger partial charge >= 0.3 is 0 Å². The Hall–Kier alpha value is -0.440. The van der Waals surface area contributed by atoms with Gasteiger partial charge in [0.2, 0.25) is 5.91 Å². The molecule has 1 fully saturated rings. The number of amides is 1. The van der Waals surface area contributed by atoms with Crippen molar-refractivity contribution in [3.05, 3.63) is 0 Å². The maximum Gasteiger partial charge on any atom is 0.230 e. The first-order valence-electron chi connectivity index (χ1n) is 3.37. The van der Waals surface area contributed by atoms with E-state index in [4.69, 9.17) is 12.2 Å². The van der Waals surface area contributed by atoms with E-state index in [9.17, 15) is 4.79 Å². The molecule has 0 spiro atoms. The molecule has 1 N–H and O–H groups in total. The van der Waals surface area contributed by atoms with Crippen LogP contribution in [0.3, 0.4) is 0 Å². The SMILES string of the molecule is CC1(C)CCC(=S)NC1=O. The zero-order chi connectivity index (χ0) is 7.78. The summed E-state index contributed by atoms with van der Waals surface area (Å²) in [7, 11) is 0. The summed E-state index contributed by atoms with van der Waals surface area (Å²) in [5.41, 5.74) is -0.220. The van der Waals surface area contributed by atoms with Crippen LogP contribution < -0.4 is 5.32 Å². The number of nitrogens with one attached hydrogen (secondary N) is 1. The van der Waals surface area contributed by atoms with Gasteiger partial charge in [-0.25, -0.2) is 0 Å². The number of piperidine rings is 1. The zero-order valence-corrected chi connectivity index (χ0v) is 7.05. The molecule has 2 nitrogen and oxygen atoms in total. The van der Waals surface area contributed by atoms with Crippen LogP contribution in [0.25, 0.3) is 0 Å². The molecule has 10 heavy (non-hydrogen) atoms. The van der Waals surface area contributed by atoms with Crippen molar-refractivity contribution >= 4 is 23.1 Å². The van der Waals surface area contributed by atoms with Crippen molar-refractivity contribution in [3.8, 4) is 0 Å². The Kier molecular flexibility index (Phi) is 1.77. The van der Waals surface area contributed by atoms with Crippen molar-refractivity contribution in [2.24, 2.45) is 5.41 Å². The molecule has 1 rings (SSSR count). The molecule has 0 atom stereocenters. The normalized spacial score (nSPS) is 24.2. The smallest absolute Gasteiger partial charge is 0.230 e. The van der Waals surface area contributed by atoms with Crippen molar-refractivity contribution in [3.63, 3.8) is 0 Å². The van der Waals surface area contributed by atoms with Crippen molar-refractivity contribution in [2.45, 2.75) is 26.7 Å². The molecule has 1 heterocycles. The highest BCUT2D eigenvalue weighted by Crippen LogP contribution is 2.25. The number of hydrogen-bond acceptors (Lipinski definition) is 2. The van der Waals surface area contributed by atoms with Gasteiger partial charge in [-0.3, -0.25) is 4.79 Å². The number of hydrogen-bond donors (Lipinski definition) is 1. The predicted molar refractivity (Wildman–Crippen MR) is 43.8 cm³/mol.